The number of carbonyl (C=O) groups is 1. The highest BCUT2D eigenvalue weighted by Gasteiger charge is 2.25. The number of nitrogens with one attached hydrogen (secondary N) is 1. The van der Waals surface area contributed by atoms with Crippen LogP contribution in [-0.2, 0) is 11.3 Å². The lowest BCUT2D eigenvalue weighted by atomic mass is 10.2. The van der Waals surface area contributed by atoms with Crippen molar-refractivity contribution in [2.24, 2.45) is 0 Å². The first-order valence-electron chi connectivity index (χ1n) is 8.60. The van der Waals surface area contributed by atoms with Crippen LogP contribution in [0.2, 0.25) is 0 Å². The zero-order chi connectivity index (χ0) is 17.6. The van der Waals surface area contributed by atoms with Crippen LogP contribution in [0.25, 0.3) is 0 Å². The van der Waals surface area contributed by atoms with Crippen LogP contribution >= 0.6 is 11.8 Å². The Bertz CT molecular complexity index is 735. The number of ether oxygens (including phenoxy) is 1. The Morgan fingerprint density at radius 2 is 2.12 bits per heavy atom. The first-order chi connectivity index (χ1) is 12.2. The maximum atomic E-state index is 12.5. The van der Waals surface area contributed by atoms with Gasteiger partial charge in [0.2, 0.25) is 5.91 Å². The van der Waals surface area contributed by atoms with Gasteiger partial charge in [-0.05, 0) is 36.2 Å². The number of fused-ring (bicyclic) bond motifs is 1. The summed E-state index contributed by atoms with van der Waals surface area (Å²) in [5.41, 5.74) is 2.20. The van der Waals surface area contributed by atoms with Crippen molar-refractivity contribution in [1.29, 1.82) is 0 Å². The number of benzene rings is 2. The number of hydrogen-bond donors (Lipinski definition) is 1. The minimum absolute atomic E-state index is 0.0411. The first-order valence-corrected chi connectivity index (χ1v) is 9.48. The number of rotatable bonds is 6. The van der Waals surface area contributed by atoms with E-state index in [1.807, 2.05) is 42.1 Å². The molecule has 0 saturated heterocycles. The van der Waals surface area contributed by atoms with E-state index in [1.54, 1.807) is 7.11 Å². The minimum Gasteiger partial charge on any atom is -0.497 e. The molecule has 0 bridgehead atoms. The number of para-hydroxylation sites is 1. The quantitative estimate of drug-likeness (QED) is 0.857. The van der Waals surface area contributed by atoms with Crippen LogP contribution in [-0.4, -0.2) is 31.4 Å². The average molecular weight is 356 g/mol. The van der Waals surface area contributed by atoms with Crippen LogP contribution in [0.4, 0.5) is 5.69 Å². The van der Waals surface area contributed by atoms with E-state index in [1.165, 1.54) is 4.90 Å². The summed E-state index contributed by atoms with van der Waals surface area (Å²) in [5, 5.41) is 3.55. The van der Waals surface area contributed by atoms with Crippen LogP contribution in [0.5, 0.6) is 5.75 Å². The Labute approximate surface area is 153 Å². The largest absolute Gasteiger partial charge is 0.497 e. The van der Waals surface area contributed by atoms with Crippen molar-refractivity contribution in [3.63, 3.8) is 0 Å². The summed E-state index contributed by atoms with van der Waals surface area (Å²) in [5.74, 6) is 0.846. The fourth-order valence-corrected chi connectivity index (χ4v) is 4.21. The fraction of sp³-hybridized carbons (Fsp3) is 0.350. The molecule has 0 spiro atoms. The number of amides is 1. The molecule has 25 heavy (non-hydrogen) atoms. The molecule has 0 aromatic heterocycles. The molecular formula is C20H24N2O2S. The van der Waals surface area contributed by atoms with Gasteiger partial charge in [0, 0.05) is 23.2 Å². The van der Waals surface area contributed by atoms with E-state index in [-0.39, 0.29) is 5.91 Å². The summed E-state index contributed by atoms with van der Waals surface area (Å²) < 4.78 is 5.22. The molecule has 0 fully saturated rings. The highest BCUT2D eigenvalue weighted by atomic mass is 32.2. The van der Waals surface area contributed by atoms with Crippen molar-refractivity contribution in [2.45, 2.75) is 30.0 Å². The second kappa shape index (κ2) is 8.30. The number of nitrogens with zero attached hydrogens (tertiary/aromatic N) is 1. The van der Waals surface area contributed by atoms with Gasteiger partial charge in [-0.1, -0.05) is 31.2 Å². The van der Waals surface area contributed by atoms with Gasteiger partial charge >= 0.3 is 0 Å². The molecule has 1 N–H and O–H groups in total. The van der Waals surface area contributed by atoms with Crippen LogP contribution in [0, 0.1) is 0 Å². The third kappa shape index (κ3) is 4.48. The smallest absolute Gasteiger partial charge is 0.239 e. The molecule has 3 rings (SSSR count). The zero-order valence-electron chi connectivity index (χ0n) is 14.7. The standard InChI is InChI=1S/C20H24N2O2S/c1-3-17-13-22(18-9-4-5-10-19(18)25-17)14-20(23)21-12-15-7-6-8-16(11-15)24-2/h4-11,17H,3,12-14H2,1-2H3,(H,21,23). The van der Waals surface area contributed by atoms with Crippen LogP contribution in [0.3, 0.4) is 0 Å². The third-order valence-corrected chi connectivity index (χ3v) is 5.75. The fourth-order valence-electron chi connectivity index (χ4n) is 2.95. The lowest BCUT2D eigenvalue weighted by molar-refractivity contribution is -0.119. The first kappa shape index (κ1) is 17.7. The lowest BCUT2D eigenvalue weighted by Gasteiger charge is -2.34. The SMILES string of the molecule is CCC1CN(CC(=O)NCc2cccc(OC)c2)c2ccccc2S1. The van der Waals surface area contributed by atoms with Gasteiger partial charge in [-0.2, -0.15) is 0 Å². The number of thioether (sulfide) groups is 1. The van der Waals surface area contributed by atoms with Gasteiger partial charge in [0.05, 0.1) is 19.3 Å². The number of hydrogen-bond acceptors (Lipinski definition) is 4. The number of methoxy groups -OCH3 is 1. The molecule has 1 unspecified atom stereocenters. The minimum atomic E-state index is 0.0411. The molecule has 0 aliphatic carbocycles. The topological polar surface area (TPSA) is 41.6 Å². The Morgan fingerprint density at radius 1 is 1.28 bits per heavy atom. The second-order valence-corrected chi connectivity index (χ2v) is 7.47. The summed E-state index contributed by atoms with van der Waals surface area (Å²) in [4.78, 5) is 15.9. The summed E-state index contributed by atoms with van der Waals surface area (Å²) >= 11 is 1.91. The molecule has 1 aliphatic rings. The summed E-state index contributed by atoms with van der Waals surface area (Å²) in [6, 6.07) is 16.1. The molecule has 2 aromatic rings. The molecule has 5 heteroatoms. The van der Waals surface area contributed by atoms with E-state index >= 15 is 0 Å². The molecule has 1 heterocycles. The van der Waals surface area contributed by atoms with Gasteiger partial charge in [-0.25, -0.2) is 0 Å². The molecule has 1 atom stereocenters. The Balaban J connectivity index is 1.62. The van der Waals surface area contributed by atoms with E-state index < -0.39 is 0 Å². The van der Waals surface area contributed by atoms with Gasteiger partial charge in [0.15, 0.2) is 0 Å². The summed E-state index contributed by atoms with van der Waals surface area (Å²) in [6.45, 7) is 4.01. The van der Waals surface area contributed by atoms with E-state index in [4.69, 9.17) is 4.74 Å². The normalized spacial score (nSPS) is 16.2. The Morgan fingerprint density at radius 3 is 2.92 bits per heavy atom. The van der Waals surface area contributed by atoms with E-state index in [0.29, 0.717) is 18.3 Å². The van der Waals surface area contributed by atoms with Crippen LogP contribution in [0.1, 0.15) is 18.9 Å². The monoisotopic (exact) mass is 356 g/mol. The molecule has 132 valence electrons. The van der Waals surface area contributed by atoms with Crippen LogP contribution in [0.15, 0.2) is 53.4 Å². The second-order valence-electron chi connectivity index (χ2n) is 6.12. The molecule has 0 radical (unpaired) electrons. The summed E-state index contributed by atoms with van der Waals surface area (Å²) in [7, 11) is 1.65. The Hall–Kier alpha value is -2.14. The lowest BCUT2D eigenvalue weighted by Crippen LogP contribution is -2.42. The highest BCUT2D eigenvalue weighted by Crippen LogP contribution is 2.39. The van der Waals surface area contributed by atoms with Crippen molar-refractivity contribution in [3.8, 4) is 5.75 Å². The average Bonchev–Trinajstić information content (AvgIpc) is 2.66. The maximum Gasteiger partial charge on any atom is 0.239 e. The zero-order valence-corrected chi connectivity index (χ0v) is 15.5. The molecule has 1 amide bonds. The molecule has 2 aromatic carbocycles. The van der Waals surface area contributed by atoms with Gasteiger partial charge < -0.3 is 15.0 Å². The van der Waals surface area contributed by atoms with Crippen molar-refractivity contribution in [2.75, 3.05) is 25.1 Å². The van der Waals surface area contributed by atoms with Crippen LogP contribution < -0.4 is 15.0 Å². The Kier molecular flexibility index (Phi) is 5.87. The number of carbonyl (C=O) groups excluding carboxylic acids is 1. The summed E-state index contributed by atoms with van der Waals surface area (Å²) in [6.07, 6.45) is 1.10. The van der Waals surface area contributed by atoms with Crippen molar-refractivity contribution in [3.05, 3.63) is 54.1 Å². The van der Waals surface area contributed by atoms with E-state index in [2.05, 4.69) is 35.3 Å². The van der Waals surface area contributed by atoms with Crippen molar-refractivity contribution < 1.29 is 9.53 Å². The van der Waals surface area contributed by atoms with Crippen molar-refractivity contribution >= 4 is 23.4 Å². The highest BCUT2D eigenvalue weighted by molar-refractivity contribution is 8.00. The van der Waals surface area contributed by atoms with Crippen molar-refractivity contribution in [1.82, 2.24) is 5.32 Å². The van der Waals surface area contributed by atoms with E-state index in [9.17, 15) is 4.79 Å². The number of anilines is 1. The van der Waals surface area contributed by atoms with Gasteiger partial charge in [0.25, 0.3) is 0 Å². The molecular weight excluding hydrogens is 332 g/mol. The predicted molar refractivity (Wildman–Crippen MR) is 103 cm³/mol. The maximum absolute atomic E-state index is 12.5. The molecule has 1 aliphatic heterocycles. The third-order valence-electron chi connectivity index (χ3n) is 4.34. The molecule has 0 saturated carbocycles. The van der Waals surface area contributed by atoms with E-state index in [0.717, 1.165) is 30.0 Å². The van der Waals surface area contributed by atoms with Gasteiger partial charge in [-0.3, -0.25) is 4.79 Å². The predicted octanol–water partition coefficient (Wildman–Crippen LogP) is 3.70. The van der Waals surface area contributed by atoms with Gasteiger partial charge in [0.1, 0.15) is 5.75 Å². The molecule has 4 nitrogen and oxygen atoms in total. The van der Waals surface area contributed by atoms with Gasteiger partial charge in [-0.15, -0.1) is 11.8 Å².